The minimum absolute atomic E-state index is 0.458. The van der Waals surface area contributed by atoms with Gasteiger partial charge in [-0.05, 0) is 36.5 Å². The smallest absolute Gasteiger partial charge is 0.0605 e. The van der Waals surface area contributed by atoms with Crippen molar-refractivity contribution in [3.8, 4) is 0 Å². The Balaban J connectivity index is 2.05. The summed E-state index contributed by atoms with van der Waals surface area (Å²) in [5, 5.41) is 0. The summed E-state index contributed by atoms with van der Waals surface area (Å²) in [6, 6.07) is 8.94. The van der Waals surface area contributed by atoms with E-state index in [4.69, 9.17) is 4.74 Å². The van der Waals surface area contributed by atoms with Crippen molar-refractivity contribution in [2.45, 2.75) is 38.7 Å². The predicted octanol–water partition coefficient (Wildman–Crippen LogP) is 3.43. The van der Waals surface area contributed by atoms with Gasteiger partial charge in [0.05, 0.1) is 6.10 Å². The Bertz CT molecular complexity index is 354. The standard InChI is InChI=1S/C15H23NO/c1-12(2)13-5-4-6-14(11-13)16-9-7-15(17-3)8-10-16/h4-6,11-12,15H,7-10H2,1-3H3. The second-order valence-electron chi connectivity index (χ2n) is 5.17. The zero-order chi connectivity index (χ0) is 12.3. The van der Waals surface area contributed by atoms with Gasteiger partial charge in [-0.25, -0.2) is 0 Å². The summed E-state index contributed by atoms with van der Waals surface area (Å²) in [5.74, 6) is 0.603. The van der Waals surface area contributed by atoms with Crippen LogP contribution in [0.1, 0.15) is 38.2 Å². The molecule has 0 bridgehead atoms. The Labute approximate surface area is 105 Å². The maximum absolute atomic E-state index is 5.41. The highest BCUT2D eigenvalue weighted by Gasteiger charge is 2.18. The summed E-state index contributed by atoms with van der Waals surface area (Å²) in [7, 11) is 1.82. The Morgan fingerprint density at radius 3 is 2.53 bits per heavy atom. The van der Waals surface area contributed by atoms with E-state index in [1.165, 1.54) is 11.3 Å². The highest BCUT2D eigenvalue weighted by Crippen LogP contribution is 2.24. The third-order valence-corrected chi connectivity index (χ3v) is 3.68. The van der Waals surface area contributed by atoms with Gasteiger partial charge in [0.1, 0.15) is 0 Å². The molecule has 1 fully saturated rings. The maximum atomic E-state index is 5.41. The van der Waals surface area contributed by atoms with Crippen molar-refractivity contribution in [3.63, 3.8) is 0 Å². The fourth-order valence-corrected chi connectivity index (χ4v) is 2.43. The van der Waals surface area contributed by atoms with Gasteiger partial charge in [-0.15, -0.1) is 0 Å². The van der Waals surface area contributed by atoms with Crippen LogP contribution in [-0.4, -0.2) is 26.3 Å². The van der Waals surface area contributed by atoms with E-state index in [2.05, 4.69) is 43.0 Å². The molecule has 1 aliphatic rings. The van der Waals surface area contributed by atoms with E-state index in [-0.39, 0.29) is 0 Å². The van der Waals surface area contributed by atoms with Crippen LogP contribution >= 0.6 is 0 Å². The molecule has 0 radical (unpaired) electrons. The number of nitrogens with zero attached hydrogens (tertiary/aromatic N) is 1. The molecule has 0 unspecified atom stereocenters. The first-order chi connectivity index (χ1) is 8.20. The maximum Gasteiger partial charge on any atom is 0.0605 e. The Hall–Kier alpha value is -1.02. The lowest BCUT2D eigenvalue weighted by atomic mass is 10.0. The van der Waals surface area contributed by atoms with Gasteiger partial charge in [-0.3, -0.25) is 0 Å². The Morgan fingerprint density at radius 2 is 1.94 bits per heavy atom. The molecule has 2 rings (SSSR count). The molecule has 1 heterocycles. The lowest BCUT2D eigenvalue weighted by Crippen LogP contribution is -2.36. The summed E-state index contributed by atoms with van der Waals surface area (Å²) in [6.45, 7) is 6.71. The van der Waals surface area contributed by atoms with E-state index < -0.39 is 0 Å². The SMILES string of the molecule is COC1CCN(c2cccc(C(C)C)c2)CC1. The molecule has 0 atom stereocenters. The first-order valence-corrected chi connectivity index (χ1v) is 6.58. The number of ether oxygens (including phenoxy) is 1. The van der Waals surface area contributed by atoms with Crippen molar-refractivity contribution >= 4 is 5.69 Å². The molecule has 0 saturated carbocycles. The van der Waals surface area contributed by atoms with E-state index in [1.54, 1.807) is 0 Å². The van der Waals surface area contributed by atoms with Gasteiger partial charge >= 0.3 is 0 Å². The summed E-state index contributed by atoms with van der Waals surface area (Å²) in [6.07, 6.45) is 2.74. The largest absolute Gasteiger partial charge is 0.381 e. The average molecular weight is 233 g/mol. The highest BCUT2D eigenvalue weighted by atomic mass is 16.5. The van der Waals surface area contributed by atoms with E-state index >= 15 is 0 Å². The van der Waals surface area contributed by atoms with Gasteiger partial charge in [0.15, 0.2) is 0 Å². The van der Waals surface area contributed by atoms with Gasteiger partial charge in [0.2, 0.25) is 0 Å². The molecule has 0 aromatic heterocycles. The first kappa shape index (κ1) is 12.4. The van der Waals surface area contributed by atoms with E-state index in [9.17, 15) is 0 Å². The molecule has 1 aromatic carbocycles. The number of piperidine rings is 1. The number of benzene rings is 1. The second-order valence-corrected chi connectivity index (χ2v) is 5.17. The minimum atomic E-state index is 0.458. The van der Waals surface area contributed by atoms with Gasteiger partial charge in [-0.1, -0.05) is 26.0 Å². The highest BCUT2D eigenvalue weighted by molar-refractivity contribution is 5.49. The zero-order valence-corrected chi connectivity index (χ0v) is 11.1. The number of anilines is 1. The summed E-state index contributed by atoms with van der Waals surface area (Å²) >= 11 is 0. The molecule has 2 nitrogen and oxygen atoms in total. The van der Waals surface area contributed by atoms with Crippen LogP contribution in [0.25, 0.3) is 0 Å². The lowest BCUT2D eigenvalue weighted by molar-refractivity contribution is 0.0819. The van der Waals surface area contributed by atoms with Crippen LogP contribution in [0.15, 0.2) is 24.3 Å². The monoisotopic (exact) mass is 233 g/mol. The van der Waals surface area contributed by atoms with Crippen LogP contribution in [0.3, 0.4) is 0 Å². The summed E-state index contributed by atoms with van der Waals surface area (Å²) < 4.78 is 5.41. The molecular formula is C15H23NO. The topological polar surface area (TPSA) is 12.5 Å². The van der Waals surface area contributed by atoms with Gasteiger partial charge in [-0.2, -0.15) is 0 Å². The van der Waals surface area contributed by atoms with Crippen molar-refractivity contribution in [2.75, 3.05) is 25.1 Å². The molecule has 1 saturated heterocycles. The summed E-state index contributed by atoms with van der Waals surface area (Å²) in [5.41, 5.74) is 2.79. The molecule has 0 amide bonds. The molecule has 0 spiro atoms. The fraction of sp³-hybridized carbons (Fsp3) is 0.600. The molecule has 1 aromatic rings. The molecule has 17 heavy (non-hydrogen) atoms. The first-order valence-electron chi connectivity index (χ1n) is 6.58. The predicted molar refractivity (Wildman–Crippen MR) is 72.8 cm³/mol. The van der Waals surface area contributed by atoms with Gasteiger partial charge in [0, 0.05) is 25.9 Å². The number of hydrogen-bond acceptors (Lipinski definition) is 2. The van der Waals surface area contributed by atoms with Crippen LogP contribution in [0.5, 0.6) is 0 Å². The van der Waals surface area contributed by atoms with E-state index in [0.29, 0.717) is 12.0 Å². The molecular weight excluding hydrogens is 210 g/mol. The third kappa shape index (κ3) is 3.01. The average Bonchev–Trinajstić information content (AvgIpc) is 2.39. The van der Waals surface area contributed by atoms with Crippen LogP contribution in [-0.2, 0) is 4.74 Å². The van der Waals surface area contributed by atoms with E-state index in [0.717, 1.165) is 25.9 Å². The third-order valence-electron chi connectivity index (χ3n) is 3.68. The van der Waals surface area contributed by atoms with Crippen molar-refractivity contribution in [1.29, 1.82) is 0 Å². The number of rotatable bonds is 3. The molecule has 94 valence electrons. The molecule has 0 aliphatic carbocycles. The Morgan fingerprint density at radius 1 is 1.24 bits per heavy atom. The van der Waals surface area contributed by atoms with Crippen molar-refractivity contribution in [3.05, 3.63) is 29.8 Å². The molecule has 0 N–H and O–H groups in total. The second kappa shape index (κ2) is 5.54. The van der Waals surface area contributed by atoms with Crippen LogP contribution in [0, 0.1) is 0 Å². The quantitative estimate of drug-likeness (QED) is 0.793. The summed E-state index contributed by atoms with van der Waals surface area (Å²) in [4.78, 5) is 2.47. The fourth-order valence-electron chi connectivity index (χ4n) is 2.43. The van der Waals surface area contributed by atoms with Gasteiger partial charge in [0.25, 0.3) is 0 Å². The van der Waals surface area contributed by atoms with Crippen molar-refractivity contribution in [2.24, 2.45) is 0 Å². The normalized spacial score (nSPS) is 17.8. The zero-order valence-electron chi connectivity index (χ0n) is 11.1. The number of hydrogen-bond donors (Lipinski definition) is 0. The van der Waals surface area contributed by atoms with Crippen LogP contribution < -0.4 is 4.90 Å². The van der Waals surface area contributed by atoms with Crippen molar-refractivity contribution in [1.82, 2.24) is 0 Å². The number of methoxy groups -OCH3 is 1. The van der Waals surface area contributed by atoms with Gasteiger partial charge < -0.3 is 9.64 Å². The lowest BCUT2D eigenvalue weighted by Gasteiger charge is -2.33. The van der Waals surface area contributed by atoms with Crippen molar-refractivity contribution < 1.29 is 4.74 Å². The van der Waals surface area contributed by atoms with Crippen LogP contribution in [0.4, 0.5) is 5.69 Å². The minimum Gasteiger partial charge on any atom is -0.381 e. The molecule has 1 aliphatic heterocycles. The Kier molecular flexibility index (Phi) is 4.06. The molecule has 2 heteroatoms. The van der Waals surface area contributed by atoms with E-state index in [1.807, 2.05) is 7.11 Å². The van der Waals surface area contributed by atoms with Crippen LogP contribution in [0.2, 0.25) is 0 Å².